The molecule has 1 aromatic carbocycles. The molecule has 0 bridgehead atoms. The van der Waals surface area contributed by atoms with Crippen molar-refractivity contribution in [2.24, 2.45) is 0 Å². The summed E-state index contributed by atoms with van der Waals surface area (Å²) >= 11 is 0. The van der Waals surface area contributed by atoms with Crippen LogP contribution in [0.4, 0.5) is 11.4 Å². The molecule has 0 saturated heterocycles. The molecule has 0 aliphatic heterocycles. The maximum atomic E-state index is 11.4. The van der Waals surface area contributed by atoms with Crippen LogP contribution in [0.2, 0.25) is 0 Å². The van der Waals surface area contributed by atoms with Gasteiger partial charge in [0.15, 0.2) is 0 Å². The number of benzene rings is 1. The molecule has 6 heteroatoms. The quantitative estimate of drug-likeness (QED) is 0.684. The van der Waals surface area contributed by atoms with E-state index in [1.807, 2.05) is 0 Å². The van der Waals surface area contributed by atoms with Crippen LogP contribution in [0.15, 0.2) is 30.5 Å². The summed E-state index contributed by atoms with van der Waals surface area (Å²) in [7, 11) is 1.72. The van der Waals surface area contributed by atoms with Gasteiger partial charge in [-0.05, 0) is 38.1 Å². The van der Waals surface area contributed by atoms with Gasteiger partial charge in [-0.3, -0.25) is 15.1 Å². The zero-order chi connectivity index (χ0) is 14.9. The Morgan fingerprint density at radius 3 is 2.70 bits per heavy atom. The smallest absolute Gasteiger partial charge is 0.301 e. The van der Waals surface area contributed by atoms with E-state index >= 15 is 0 Å². The fourth-order valence-electron chi connectivity index (χ4n) is 2.29. The number of nitro benzene ring substituents is 1. The number of nitrogens with zero attached hydrogens (tertiary/aromatic N) is 3. The summed E-state index contributed by atoms with van der Waals surface area (Å²) in [6.07, 6.45) is 1.60. The molecule has 2 aromatic rings. The van der Waals surface area contributed by atoms with Crippen molar-refractivity contribution in [2.45, 2.75) is 19.4 Å². The van der Waals surface area contributed by atoms with Crippen LogP contribution in [0.1, 0.15) is 13.8 Å². The highest BCUT2D eigenvalue weighted by molar-refractivity contribution is 5.94. The highest BCUT2D eigenvalue weighted by atomic mass is 16.6. The summed E-state index contributed by atoms with van der Waals surface area (Å²) in [6, 6.07) is 6.77. The second-order valence-electron chi connectivity index (χ2n) is 5.43. The molecule has 20 heavy (non-hydrogen) atoms. The first-order valence-corrected chi connectivity index (χ1v) is 6.25. The van der Waals surface area contributed by atoms with E-state index in [9.17, 15) is 15.2 Å². The van der Waals surface area contributed by atoms with E-state index in [0.717, 1.165) is 0 Å². The summed E-state index contributed by atoms with van der Waals surface area (Å²) in [6.45, 7) is 3.62. The van der Waals surface area contributed by atoms with Gasteiger partial charge in [0, 0.05) is 19.8 Å². The molecule has 1 N–H and O–H groups in total. The largest absolute Gasteiger partial charge is 0.389 e. The minimum absolute atomic E-state index is 0.0161. The number of likely N-dealkylation sites (N-methyl/N-ethyl adjacent to an activating group) is 1. The van der Waals surface area contributed by atoms with Gasteiger partial charge in [0.1, 0.15) is 5.69 Å². The Morgan fingerprint density at radius 1 is 1.40 bits per heavy atom. The minimum atomic E-state index is -0.938. The molecule has 0 unspecified atom stereocenters. The molecular formula is C14H17N3O3. The molecule has 0 saturated carbocycles. The van der Waals surface area contributed by atoms with E-state index in [4.69, 9.17) is 0 Å². The Labute approximate surface area is 116 Å². The second-order valence-corrected chi connectivity index (χ2v) is 5.43. The Balaban J connectivity index is 2.58. The van der Waals surface area contributed by atoms with Crippen LogP contribution >= 0.6 is 0 Å². The standard InChI is InChI=1S/C14H17N3O3/c1-14(2,18)9-16(3)12-7-6-11-10(5-4-8-15-11)13(12)17(19)20/h4-8,18H,9H2,1-3H3. The van der Waals surface area contributed by atoms with Gasteiger partial charge in [0.25, 0.3) is 0 Å². The molecule has 1 heterocycles. The first-order valence-electron chi connectivity index (χ1n) is 6.25. The zero-order valence-electron chi connectivity index (χ0n) is 11.7. The third-order valence-corrected chi connectivity index (χ3v) is 2.95. The van der Waals surface area contributed by atoms with Crippen LogP contribution in [0.5, 0.6) is 0 Å². The van der Waals surface area contributed by atoms with Crippen LogP contribution in [-0.4, -0.2) is 34.2 Å². The maximum Gasteiger partial charge on any atom is 0.301 e. The van der Waals surface area contributed by atoms with Crippen molar-refractivity contribution in [3.63, 3.8) is 0 Å². The molecule has 1 aromatic heterocycles. The van der Waals surface area contributed by atoms with Gasteiger partial charge in [0.2, 0.25) is 0 Å². The second kappa shape index (κ2) is 5.05. The topological polar surface area (TPSA) is 79.5 Å². The van der Waals surface area contributed by atoms with Crippen molar-refractivity contribution in [3.8, 4) is 0 Å². The van der Waals surface area contributed by atoms with Gasteiger partial charge >= 0.3 is 5.69 Å². The molecule has 0 radical (unpaired) electrons. The van der Waals surface area contributed by atoms with Gasteiger partial charge < -0.3 is 10.0 Å². The monoisotopic (exact) mass is 275 g/mol. The first kappa shape index (κ1) is 14.2. The summed E-state index contributed by atoms with van der Waals surface area (Å²) in [5.41, 5.74) is 0.131. The van der Waals surface area contributed by atoms with E-state index in [1.54, 1.807) is 56.3 Å². The number of nitro groups is 1. The Kier molecular flexibility index (Phi) is 3.59. The van der Waals surface area contributed by atoms with Crippen LogP contribution in [-0.2, 0) is 0 Å². The molecule has 0 atom stereocenters. The van der Waals surface area contributed by atoms with Crippen LogP contribution in [0, 0.1) is 10.1 Å². The van der Waals surface area contributed by atoms with Gasteiger partial charge in [-0.15, -0.1) is 0 Å². The van der Waals surface area contributed by atoms with Gasteiger partial charge in [0.05, 0.1) is 21.4 Å². The summed E-state index contributed by atoms with van der Waals surface area (Å²) in [4.78, 5) is 16.8. The Morgan fingerprint density at radius 2 is 2.10 bits per heavy atom. The molecule has 0 spiro atoms. The van der Waals surface area contributed by atoms with Crippen LogP contribution in [0.25, 0.3) is 10.9 Å². The molecular weight excluding hydrogens is 258 g/mol. The molecule has 106 valence electrons. The zero-order valence-corrected chi connectivity index (χ0v) is 11.7. The third kappa shape index (κ3) is 2.85. The van der Waals surface area contributed by atoms with Gasteiger partial charge in [-0.1, -0.05) is 0 Å². The van der Waals surface area contributed by atoms with E-state index in [0.29, 0.717) is 23.1 Å². The summed E-state index contributed by atoms with van der Waals surface area (Å²) in [5, 5.41) is 21.8. The van der Waals surface area contributed by atoms with Crippen LogP contribution < -0.4 is 4.90 Å². The first-order chi connectivity index (χ1) is 9.29. The molecule has 0 fully saturated rings. The van der Waals surface area contributed by atoms with E-state index < -0.39 is 10.5 Å². The van der Waals surface area contributed by atoms with E-state index in [2.05, 4.69) is 4.98 Å². The average molecular weight is 275 g/mol. The highest BCUT2D eigenvalue weighted by Gasteiger charge is 2.24. The number of hydrogen-bond donors (Lipinski definition) is 1. The van der Waals surface area contributed by atoms with E-state index in [1.165, 1.54) is 0 Å². The molecule has 6 nitrogen and oxygen atoms in total. The SMILES string of the molecule is CN(CC(C)(C)O)c1ccc2ncccc2c1[N+](=O)[O-]. The number of aliphatic hydroxyl groups is 1. The van der Waals surface area contributed by atoms with Crippen molar-refractivity contribution >= 4 is 22.3 Å². The van der Waals surface area contributed by atoms with Crippen molar-refractivity contribution in [1.29, 1.82) is 0 Å². The molecule has 2 rings (SSSR count). The summed E-state index contributed by atoms with van der Waals surface area (Å²) < 4.78 is 0. The van der Waals surface area contributed by atoms with Gasteiger partial charge in [-0.2, -0.15) is 0 Å². The Hall–Kier alpha value is -2.21. The fourth-order valence-corrected chi connectivity index (χ4v) is 2.29. The number of anilines is 1. The van der Waals surface area contributed by atoms with Crippen molar-refractivity contribution in [3.05, 3.63) is 40.6 Å². The number of hydrogen-bond acceptors (Lipinski definition) is 5. The highest BCUT2D eigenvalue weighted by Crippen LogP contribution is 2.34. The van der Waals surface area contributed by atoms with Crippen molar-refractivity contribution in [2.75, 3.05) is 18.5 Å². The normalized spacial score (nSPS) is 11.6. The number of aromatic nitrogens is 1. The van der Waals surface area contributed by atoms with Crippen molar-refractivity contribution in [1.82, 2.24) is 4.98 Å². The number of pyridine rings is 1. The third-order valence-electron chi connectivity index (χ3n) is 2.95. The number of rotatable bonds is 4. The Bertz CT molecular complexity index is 650. The van der Waals surface area contributed by atoms with E-state index in [-0.39, 0.29) is 5.69 Å². The lowest BCUT2D eigenvalue weighted by atomic mass is 10.1. The average Bonchev–Trinajstić information content (AvgIpc) is 2.35. The maximum absolute atomic E-state index is 11.4. The van der Waals surface area contributed by atoms with Crippen LogP contribution in [0.3, 0.4) is 0 Å². The van der Waals surface area contributed by atoms with Gasteiger partial charge in [-0.25, -0.2) is 0 Å². The van der Waals surface area contributed by atoms with Crippen molar-refractivity contribution < 1.29 is 10.0 Å². The lowest BCUT2D eigenvalue weighted by Crippen LogP contribution is -2.36. The summed E-state index contributed by atoms with van der Waals surface area (Å²) in [5.74, 6) is 0. The lowest BCUT2D eigenvalue weighted by molar-refractivity contribution is -0.382. The minimum Gasteiger partial charge on any atom is -0.389 e. The lowest BCUT2D eigenvalue weighted by Gasteiger charge is -2.27. The predicted octanol–water partition coefficient (Wildman–Crippen LogP) is 2.35. The molecule has 0 amide bonds. The molecule has 0 aliphatic rings. The predicted molar refractivity (Wildman–Crippen MR) is 78.0 cm³/mol. The number of fused-ring (bicyclic) bond motifs is 1. The fraction of sp³-hybridized carbons (Fsp3) is 0.357. The molecule has 0 aliphatic carbocycles.